The normalized spacial score (nSPS) is 18.0. The zero-order valence-electron chi connectivity index (χ0n) is 11.1. The highest BCUT2D eigenvalue weighted by molar-refractivity contribution is 4.87. The fraction of sp³-hybridized carbons (Fsp3) is 1.00. The molecule has 1 N–H and O–H groups in total. The molecule has 1 unspecified atom stereocenters. The maximum absolute atomic E-state index is 9.52. The lowest BCUT2D eigenvalue weighted by Crippen LogP contribution is -2.37. The standard InChI is InChI=1S/C13H28O/c1-11(2,3)8-9-13(7,10-14)12(4,5)6/h14H,8-10H2,1-7H3. The summed E-state index contributed by atoms with van der Waals surface area (Å²) in [5.74, 6) is 0. The molecule has 0 aromatic heterocycles. The van der Waals surface area contributed by atoms with E-state index in [4.69, 9.17) is 0 Å². The van der Waals surface area contributed by atoms with E-state index in [1.165, 1.54) is 6.42 Å². The highest BCUT2D eigenvalue weighted by Gasteiger charge is 2.37. The molecule has 0 rings (SSSR count). The largest absolute Gasteiger partial charge is 0.396 e. The van der Waals surface area contributed by atoms with Crippen LogP contribution < -0.4 is 0 Å². The van der Waals surface area contributed by atoms with Gasteiger partial charge in [-0.2, -0.15) is 0 Å². The lowest BCUT2D eigenvalue weighted by atomic mass is 9.64. The molecule has 0 radical (unpaired) electrons. The molecule has 0 aliphatic heterocycles. The molecule has 0 saturated carbocycles. The van der Waals surface area contributed by atoms with Crippen LogP contribution in [0, 0.1) is 16.2 Å². The number of aliphatic hydroxyl groups is 1. The number of hydrogen-bond acceptors (Lipinski definition) is 1. The van der Waals surface area contributed by atoms with Crippen LogP contribution in [-0.2, 0) is 0 Å². The monoisotopic (exact) mass is 200 g/mol. The van der Waals surface area contributed by atoms with Crippen molar-refractivity contribution < 1.29 is 5.11 Å². The van der Waals surface area contributed by atoms with Crippen molar-refractivity contribution in [3.05, 3.63) is 0 Å². The van der Waals surface area contributed by atoms with Crippen LogP contribution in [-0.4, -0.2) is 11.7 Å². The summed E-state index contributed by atoms with van der Waals surface area (Å²) in [4.78, 5) is 0. The quantitative estimate of drug-likeness (QED) is 0.733. The van der Waals surface area contributed by atoms with E-state index < -0.39 is 0 Å². The van der Waals surface area contributed by atoms with E-state index in [1.54, 1.807) is 0 Å². The molecule has 0 heterocycles. The van der Waals surface area contributed by atoms with Crippen LogP contribution in [0.25, 0.3) is 0 Å². The number of aliphatic hydroxyl groups excluding tert-OH is 1. The van der Waals surface area contributed by atoms with Crippen LogP contribution >= 0.6 is 0 Å². The minimum atomic E-state index is 0.0419. The van der Waals surface area contributed by atoms with Crippen LogP contribution in [0.2, 0.25) is 0 Å². The zero-order valence-corrected chi connectivity index (χ0v) is 11.1. The molecule has 86 valence electrons. The maximum atomic E-state index is 9.52. The Balaban J connectivity index is 4.43. The minimum absolute atomic E-state index is 0.0419. The first-order valence-corrected chi connectivity index (χ1v) is 5.63. The summed E-state index contributed by atoms with van der Waals surface area (Å²) in [7, 11) is 0. The van der Waals surface area contributed by atoms with Crippen molar-refractivity contribution in [1.29, 1.82) is 0 Å². The molecule has 1 atom stereocenters. The molecular formula is C13H28O. The topological polar surface area (TPSA) is 20.2 Å². The van der Waals surface area contributed by atoms with Gasteiger partial charge < -0.3 is 5.11 Å². The molecule has 14 heavy (non-hydrogen) atoms. The van der Waals surface area contributed by atoms with Gasteiger partial charge in [0.05, 0.1) is 0 Å². The SMILES string of the molecule is CC(C)(C)CCC(C)(CO)C(C)(C)C. The average Bonchev–Trinajstić information content (AvgIpc) is 1.96. The van der Waals surface area contributed by atoms with Gasteiger partial charge in [-0.3, -0.25) is 0 Å². The Morgan fingerprint density at radius 2 is 1.21 bits per heavy atom. The first kappa shape index (κ1) is 14.0. The fourth-order valence-corrected chi connectivity index (χ4v) is 1.34. The van der Waals surface area contributed by atoms with Crippen molar-refractivity contribution >= 4 is 0 Å². The second kappa shape index (κ2) is 4.22. The van der Waals surface area contributed by atoms with E-state index in [-0.39, 0.29) is 17.4 Å². The van der Waals surface area contributed by atoms with Gasteiger partial charge in [0.2, 0.25) is 0 Å². The third kappa shape index (κ3) is 4.00. The number of rotatable bonds is 3. The van der Waals surface area contributed by atoms with E-state index >= 15 is 0 Å². The van der Waals surface area contributed by atoms with Gasteiger partial charge in [0.1, 0.15) is 0 Å². The molecule has 0 amide bonds. The first-order chi connectivity index (χ1) is 6.02. The van der Waals surface area contributed by atoms with Gasteiger partial charge in [-0.15, -0.1) is 0 Å². The summed E-state index contributed by atoms with van der Waals surface area (Å²) < 4.78 is 0. The highest BCUT2D eigenvalue weighted by atomic mass is 16.3. The fourth-order valence-electron chi connectivity index (χ4n) is 1.34. The van der Waals surface area contributed by atoms with Crippen LogP contribution in [0.15, 0.2) is 0 Å². The molecule has 1 nitrogen and oxygen atoms in total. The lowest BCUT2D eigenvalue weighted by molar-refractivity contribution is 0.0151. The Labute approximate surface area is 89.9 Å². The predicted molar refractivity (Wildman–Crippen MR) is 63.3 cm³/mol. The van der Waals surface area contributed by atoms with Gasteiger partial charge in [-0.25, -0.2) is 0 Å². The summed E-state index contributed by atoms with van der Waals surface area (Å²) in [6.45, 7) is 15.9. The van der Waals surface area contributed by atoms with Crippen LogP contribution in [0.1, 0.15) is 61.3 Å². The summed E-state index contributed by atoms with van der Waals surface area (Å²) in [5.41, 5.74) is 0.578. The molecular weight excluding hydrogens is 172 g/mol. The Morgan fingerprint density at radius 3 is 1.43 bits per heavy atom. The van der Waals surface area contributed by atoms with Crippen molar-refractivity contribution in [2.75, 3.05) is 6.61 Å². The van der Waals surface area contributed by atoms with Gasteiger partial charge in [0.25, 0.3) is 0 Å². The molecule has 0 bridgehead atoms. The van der Waals surface area contributed by atoms with Crippen LogP contribution in [0.4, 0.5) is 0 Å². The molecule has 0 saturated heterocycles. The van der Waals surface area contributed by atoms with Crippen molar-refractivity contribution in [1.82, 2.24) is 0 Å². The molecule has 1 heteroatoms. The molecule has 0 aliphatic carbocycles. The third-order valence-electron chi connectivity index (χ3n) is 3.59. The molecule has 0 fully saturated rings. The number of hydrogen-bond donors (Lipinski definition) is 1. The van der Waals surface area contributed by atoms with Crippen molar-refractivity contribution in [3.8, 4) is 0 Å². The van der Waals surface area contributed by atoms with Gasteiger partial charge in [0, 0.05) is 6.61 Å². The summed E-state index contributed by atoms with van der Waals surface area (Å²) in [6, 6.07) is 0. The van der Waals surface area contributed by atoms with Crippen LogP contribution in [0.5, 0.6) is 0 Å². The van der Waals surface area contributed by atoms with E-state index in [0.717, 1.165) is 6.42 Å². The second-order valence-electron chi connectivity index (χ2n) is 7.03. The molecule has 0 aromatic carbocycles. The van der Waals surface area contributed by atoms with Gasteiger partial charge in [-0.1, -0.05) is 48.5 Å². The third-order valence-corrected chi connectivity index (χ3v) is 3.59. The van der Waals surface area contributed by atoms with E-state index in [2.05, 4.69) is 48.5 Å². The van der Waals surface area contributed by atoms with Gasteiger partial charge in [-0.05, 0) is 29.1 Å². The highest BCUT2D eigenvalue weighted by Crippen LogP contribution is 2.43. The Morgan fingerprint density at radius 1 is 0.786 bits per heavy atom. The summed E-state index contributed by atoms with van der Waals surface area (Å²) in [5, 5.41) is 9.52. The van der Waals surface area contributed by atoms with E-state index in [0.29, 0.717) is 5.41 Å². The lowest BCUT2D eigenvalue weighted by Gasteiger charge is -2.42. The van der Waals surface area contributed by atoms with Gasteiger partial charge in [0.15, 0.2) is 0 Å². The van der Waals surface area contributed by atoms with Gasteiger partial charge >= 0.3 is 0 Å². The second-order valence-corrected chi connectivity index (χ2v) is 7.03. The van der Waals surface area contributed by atoms with Crippen molar-refractivity contribution in [3.63, 3.8) is 0 Å². The Hall–Kier alpha value is -0.0400. The van der Waals surface area contributed by atoms with Crippen molar-refractivity contribution in [2.24, 2.45) is 16.2 Å². The summed E-state index contributed by atoms with van der Waals surface area (Å²) >= 11 is 0. The zero-order chi connectivity index (χ0) is 11.6. The first-order valence-electron chi connectivity index (χ1n) is 5.63. The Bertz CT molecular complexity index is 171. The maximum Gasteiger partial charge on any atom is 0.0489 e. The predicted octanol–water partition coefficient (Wildman–Crippen LogP) is 3.86. The van der Waals surface area contributed by atoms with Crippen molar-refractivity contribution in [2.45, 2.75) is 61.3 Å². The summed E-state index contributed by atoms with van der Waals surface area (Å²) in [6.07, 6.45) is 2.26. The minimum Gasteiger partial charge on any atom is -0.396 e. The molecule has 0 aliphatic rings. The molecule has 0 aromatic rings. The Kier molecular flexibility index (Phi) is 4.21. The smallest absolute Gasteiger partial charge is 0.0489 e. The van der Waals surface area contributed by atoms with E-state index in [1.807, 2.05) is 0 Å². The van der Waals surface area contributed by atoms with Crippen LogP contribution in [0.3, 0.4) is 0 Å². The average molecular weight is 200 g/mol. The molecule has 0 spiro atoms. The van der Waals surface area contributed by atoms with E-state index in [9.17, 15) is 5.11 Å².